The van der Waals surface area contributed by atoms with Crippen molar-refractivity contribution in [2.45, 2.75) is 290 Å². The average molecular weight is 1240 g/mol. The fourth-order valence-corrected chi connectivity index (χ4v) is 10.2. The van der Waals surface area contributed by atoms with Gasteiger partial charge in [-0.3, -0.25) is 18.6 Å². The first-order valence-electron chi connectivity index (χ1n) is 35.6. The van der Waals surface area contributed by atoms with Crippen LogP contribution in [0.5, 0.6) is 0 Å². The first-order valence-corrected chi connectivity index (χ1v) is 37.1. The molecule has 2 unspecified atom stereocenters. The number of esters is 2. The van der Waals surface area contributed by atoms with Crippen molar-refractivity contribution >= 4 is 19.8 Å². The van der Waals surface area contributed by atoms with Gasteiger partial charge in [0.2, 0.25) is 0 Å². The number of carbonyl (C=O) groups is 2. The largest absolute Gasteiger partial charge is 0.472 e. The summed E-state index contributed by atoms with van der Waals surface area (Å²) in [5, 5.41) is 0. The number of likely N-dealkylation sites (N-methyl/N-ethyl adjacent to an activating group) is 1. The number of nitrogens with zero attached hydrogens (tertiary/aromatic N) is 1. The van der Waals surface area contributed by atoms with Gasteiger partial charge >= 0.3 is 19.8 Å². The summed E-state index contributed by atoms with van der Waals surface area (Å²) in [6, 6.07) is 0. The molecule has 0 fully saturated rings. The van der Waals surface area contributed by atoms with Gasteiger partial charge in [0.1, 0.15) is 19.8 Å². The number of carbonyl (C=O) groups excluding carboxylic acids is 2. The van der Waals surface area contributed by atoms with E-state index in [1.807, 2.05) is 21.1 Å². The molecule has 0 saturated carbocycles. The maximum absolute atomic E-state index is 12.9. The van der Waals surface area contributed by atoms with Crippen LogP contribution in [0, 0.1) is 0 Å². The molecule has 0 bridgehead atoms. The van der Waals surface area contributed by atoms with Crippen molar-refractivity contribution in [3.05, 3.63) is 146 Å². The van der Waals surface area contributed by atoms with Gasteiger partial charge in [0.25, 0.3) is 0 Å². The topological polar surface area (TPSA) is 108 Å². The lowest BCUT2D eigenvalue weighted by Gasteiger charge is -2.24. The summed E-state index contributed by atoms with van der Waals surface area (Å²) in [5.74, 6) is -0.849. The van der Waals surface area contributed by atoms with Gasteiger partial charge in [0.05, 0.1) is 27.7 Å². The van der Waals surface area contributed by atoms with E-state index in [1.54, 1.807) is 0 Å². The molecule has 0 amide bonds. The van der Waals surface area contributed by atoms with Crippen LogP contribution in [0.2, 0.25) is 0 Å². The minimum Gasteiger partial charge on any atom is -0.462 e. The van der Waals surface area contributed by atoms with E-state index < -0.39 is 26.5 Å². The van der Waals surface area contributed by atoms with Crippen LogP contribution in [0.25, 0.3) is 0 Å². The molecule has 0 heterocycles. The molecule has 0 aromatic heterocycles. The highest BCUT2D eigenvalue weighted by Crippen LogP contribution is 2.43. The Labute approximate surface area is 542 Å². The van der Waals surface area contributed by atoms with Crippen molar-refractivity contribution in [2.75, 3.05) is 47.5 Å². The molecule has 502 valence electrons. The summed E-state index contributed by atoms with van der Waals surface area (Å²) < 4.78 is 34.7. The Hall–Kier alpha value is -4.11. The van der Waals surface area contributed by atoms with E-state index in [9.17, 15) is 19.0 Å². The van der Waals surface area contributed by atoms with E-state index in [2.05, 4.69) is 160 Å². The maximum Gasteiger partial charge on any atom is 0.472 e. The number of unbranched alkanes of at least 4 members (excludes halogenated alkanes) is 26. The lowest BCUT2D eigenvalue weighted by Crippen LogP contribution is -2.37. The Morgan fingerprint density at radius 2 is 0.614 bits per heavy atom. The van der Waals surface area contributed by atoms with Gasteiger partial charge in [-0.2, -0.15) is 0 Å². The van der Waals surface area contributed by atoms with Crippen molar-refractivity contribution in [3.63, 3.8) is 0 Å². The van der Waals surface area contributed by atoms with Gasteiger partial charge in [-0.05, 0) is 116 Å². The number of rotatable bonds is 64. The molecule has 0 rings (SSSR count). The third kappa shape index (κ3) is 71.0. The van der Waals surface area contributed by atoms with Gasteiger partial charge < -0.3 is 18.9 Å². The van der Waals surface area contributed by atoms with E-state index in [0.29, 0.717) is 17.4 Å². The van der Waals surface area contributed by atoms with Gasteiger partial charge in [0.15, 0.2) is 6.10 Å². The van der Waals surface area contributed by atoms with Crippen LogP contribution in [0.1, 0.15) is 284 Å². The van der Waals surface area contributed by atoms with Crippen LogP contribution in [0.3, 0.4) is 0 Å². The van der Waals surface area contributed by atoms with Crippen molar-refractivity contribution in [3.8, 4) is 0 Å². The van der Waals surface area contributed by atoms with Crippen LogP contribution in [-0.4, -0.2) is 74.9 Å². The van der Waals surface area contributed by atoms with E-state index >= 15 is 0 Å². The highest BCUT2D eigenvalue weighted by atomic mass is 31.2. The normalized spacial score (nSPS) is 14.0. The zero-order valence-corrected chi connectivity index (χ0v) is 58.1. The molecule has 0 saturated heterocycles. The highest BCUT2D eigenvalue weighted by molar-refractivity contribution is 7.47. The second kappa shape index (κ2) is 67.3. The minimum atomic E-state index is -4.41. The number of allylic oxidation sites excluding steroid dienone is 24. The molecule has 2 atom stereocenters. The first-order chi connectivity index (χ1) is 43.0. The predicted molar refractivity (Wildman–Crippen MR) is 380 cm³/mol. The van der Waals surface area contributed by atoms with E-state index in [0.717, 1.165) is 109 Å². The maximum atomic E-state index is 12.9. The van der Waals surface area contributed by atoms with Crippen LogP contribution in [0.4, 0.5) is 0 Å². The molecule has 88 heavy (non-hydrogen) atoms. The van der Waals surface area contributed by atoms with Gasteiger partial charge in [-0.25, -0.2) is 4.57 Å². The summed E-state index contributed by atoms with van der Waals surface area (Å²) in [6.07, 6.45) is 99.7. The van der Waals surface area contributed by atoms with E-state index in [-0.39, 0.29) is 32.0 Å². The van der Waals surface area contributed by atoms with Gasteiger partial charge in [0, 0.05) is 12.8 Å². The summed E-state index contributed by atoms with van der Waals surface area (Å²) in [5.41, 5.74) is 0. The molecule has 0 aliphatic rings. The zero-order chi connectivity index (χ0) is 64.1. The molecule has 1 N–H and O–H groups in total. The summed E-state index contributed by atoms with van der Waals surface area (Å²) in [4.78, 5) is 35.9. The molecule has 0 spiro atoms. The number of ether oxygens (including phenoxy) is 2. The van der Waals surface area contributed by atoms with Crippen LogP contribution in [0.15, 0.2) is 146 Å². The minimum absolute atomic E-state index is 0.0170. The molecule has 0 aliphatic heterocycles. The molecule has 0 aromatic rings. The fourth-order valence-electron chi connectivity index (χ4n) is 9.50. The van der Waals surface area contributed by atoms with Gasteiger partial charge in [-0.15, -0.1) is 0 Å². The van der Waals surface area contributed by atoms with Crippen molar-refractivity contribution in [2.24, 2.45) is 0 Å². The third-order valence-electron chi connectivity index (χ3n) is 14.9. The number of hydrogen-bond donors (Lipinski definition) is 1. The Morgan fingerprint density at radius 1 is 0.352 bits per heavy atom. The molecule has 0 aliphatic carbocycles. The molecule has 0 aromatic carbocycles. The third-order valence-corrected chi connectivity index (χ3v) is 15.8. The Balaban J connectivity index is 4.07. The lowest BCUT2D eigenvalue weighted by atomic mass is 10.0. The van der Waals surface area contributed by atoms with E-state index in [1.165, 1.54) is 141 Å². The predicted octanol–water partition coefficient (Wildman–Crippen LogP) is 23.4. The number of phosphoric acid groups is 1. The summed E-state index contributed by atoms with van der Waals surface area (Å²) in [6.45, 7) is 4.16. The van der Waals surface area contributed by atoms with Gasteiger partial charge in [-0.1, -0.05) is 301 Å². The SMILES string of the molecule is CC/C=C\C/C=C\C/C=C\C/C=C\C/C=C\C/C=C\C/C=C\C/C=C\CCCCC(=O)OC(COC(=O)CCCCCCCCCCCCCCCCCCCCCCCCCC/C=C\C/C=C\C/C=C\C/C=C\CC)COP(=O)(O)OCC[N+](C)(C)C. The zero-order valence-electron chi connectivity index (χ0n) is 57.2. The second-order valence-corrected chi connectivity index (χ2v) is 26.0. The van der Waals surface area contributed by atoms with Crippen molar-refractivity contribution < 1.29 is 42.1 Å². The number of phosphoric ester groups is 1. The average Bonchev–Trinajstić information content (AvgIpc) is 3.60. The van der Waals surface area contributed by atoms with Crippen LogP contribution >= 0.6 is 7.82 Å². The fraction of sp³-hybridized carbons (Fsp3) is 0.667. The van der Waals surface area contributed by atoms with Crippen LogP contribution in [-0.2, 0) is 32.7 Å². The lowest BCUT2D eigenvalue weighted by molar-refractivity contribution is -0.870. The highest BCUT2D eigenvalue weighted by Gasteiger charge is 2.27. The second-order valence-electron chi connectivity index (χ2n) is 24.5. The summed E-state index contributed by atoms with van der Waals surface area (Å²) >= 11 is 0. The Bertz CT molecular complexity index is 2000. The quantitative estimate of drug-likeness (QED) is 0.0211. The first kappa shape index (κ1) is 83.9. The van der Waals surface area contributed by atoms with Crippen molar-refractivity contribution in [1.82, 2.24) is 0 Å². The number of hydrogen-bond acceptors (Lipinski definition) is 7. The van der Waals surface area contributed by atoms with Crippen molar-refractivity contribution in [1.29, 1.82) is 0 Å². The molecular formula is C78H133NO8P+. The molecule has 10 heteroatoms. The smallest absolute Gasteiger partial charge is 0.462 e. The van der Waals surface area contributed by atoms with Crippen LogP contribution < -0.4 is 0 Å². The Morgan fingerprint density at radius 3 is 0.932 bits per heavy atom. The standard InChI is InChI=1S/C78H132NO8P/c1-6-8-10-12-14-16-18-20-22-24-26-28-30-32-34-35-36-37-38-39-40-41-42-43-45-46-48-50-52-54-56-58-60-62-64-66-68-70-77(80)84-74-76(75-86-88(82,83)85-73-72-79(3,4)5)87-78(81)71-69-67-65-63-61-59-57-55-53-51-49-47-44-33-31-29-27-25-23-21-19-17-15-13-11-9-7-2/h8-11,14-17,20-23,26-29,33,44,49,51,55,57,61,63,76H,6-7,12-13,18-19,24-25,30-32,34-43,45-48,50,52-54,56,58-60,62,64-75H2,1-5H3/p+1/b10-8-,11-9-,16-14-,17-15-,22-20-,23-21-,28-26-,29-27-,44-33-,51-49-,57-55-,63-61-. The number of quaternary nitrogens is 1. The monoisotopic (exact) mass is 1240 g/mol. The molecule has 9 nitrogen and oxygen atoms in total. The Kier molecular flexibility index (Phi) is 64.1. The summed E-state index contributed by atoms with van der Waals surface area (Å²) in [7, 11) is 1.44. The molecular weight excluding hydrogens is 1110 g/mol. The molecule has 0 radical (unpaired) electrons. The van der Waals surface area contributed by atoms with E-state index in [4.69, 9.17) is 18.5 Å².